The van der Waals surface area contributed by atoms with Crippen LogP contribution in [-0.2, 0) is 12.8 Å². The number of aryl methyl sites for hydroxylation is 1. The minimum atomic E-state index is 0.163. The number of hydrogen-bond donors (Lipinski definition) is 1. The Morgan fingerprint density at radius 2 is 1.62 bits per heavy atom. The van der Waals surface area contributed by atoms with E-state index >= 15 is 0 Å². The van der Waals surface area contributed by atoms with Crippen LogP contribution in [0.5, 0.6) is 17.2 Å². The quantitative estimate of drug-likeness (QED) is 0.751. The predicted molar refractivity (Wildman–Crippen MR) is 84.9 cm³/mol. The van der Waals surface area contributed by atoms with E-state index < -0.39 is 0 Å². The molecule has 2 nitrogen and oxygen atoms in total. The van der Waals surface area contributed by atoms with Crippen LogP contribution in [0, 0.1) is 0 Å². The van der Waals surface area contributed by atoms with E-state index in [2.05, 4.69) is 36.4 Å². The van der Waals surface area contributed by atoms with Crippen LogP contribution in [0.3, 0.4) is 0 Å². The van der Waals surface area contributed by atoms with E-state index in [9.17, 15) is 5.11 Å². The van der Waals surface area contributed by atoms with E-state index in [0.717, 1.165) is 30.6 Å². The van der Waals surface area contributed by atoms with Crippen molar-refractivity contribution in [1.82, 2.24) is 0 Å². The molecule has 2 aromatic rings. The SMILES string of the molecule is Oc1ccc2cc1Oc1ccc(cc1)CC/C=C/C=C/C2. The zero-order valence-corrected chi connectivity index (χ0v) is 11.8. The molecule has 2 heterocycles. The predicted octanol–water partition coefficient (Wildman–Crippen LogP) is 4.79. The van der Waals surface area contributed by atoms with Gasteiger partial charge in [0.1, 0.15) is 5.75 Å². The molecule has 2 aliphatic heterocycles. The second kappa shape index (κ2) is 6.31. The highest BCUT2D eigenvalue weighted by Gasteiger charge is 2.05. The number of hydrogen-bond acceptors (Lipinski definition) is 2. The van der Waals surface area contributed by atoms with Gasteiger partial charge >= 0.3 is 0 Å². The van der Waals surface area contributed by atoms with Crippen LogP contribution in [0.25, 0.3) is 0 Å². The summed E-state index contributed by atoms with van der Waals surface area (Å²) in [5, 5.41) is 9.92. The Hall–Kier alpha value is -2.48. The van der Waals surface area contributed by atoms with Crippen molar-refractivity contribution in [3.8, 4) is 17.2 Å². The van der Waals surface area contributed by atoms with Crippen molar-refractivity contribution in [3.63, 3.8) is 0 Å². The first-order valence-electron chi connectivity index (χ1n) is 7.21. The molecule has 21 heavy (non-hydrogen) atoms. The number of aromatic hydroxyl groups is 1. The summed E-state index contributed by atoms with van der Waals surface area (Å²) in [5.41, 5.74) is 2.39. The highest BCUT2D eigenvalue weighted by Crippen LogP contribution is 2.32. The lowest BCUT2D eigenvalue weighted by Crippen LogP contribution is -1.89. The van der Waals surface area contributed by atoms with E-state index in [-0.39, 0.29) is 5.75 Å². The number of phenolic OH excluding ortho intramolecular Hbond substituents is 1. The molecule has 0 spiro atoms. The Kier molecular flexibility index (Phi) is 4.06. The molecular formula is C19H18O2. The van der Waals surface area contributed by atoms with Crippen molar-refractivity contribution in [2.75, 3.05) is 0 Å². The number of allylic oxidation sites excluding steroid dienone is 4. The fourth-order valence-electron chi connectivity index (χ4n) is 2.33. The van der Waals surface area contributed by atoms with Gasteiger partial charge in [0.25, 0.3) is 0 Å². The first kappa shape index (κ1) is 13.5. The normalized spacial score (nSPS) is 17.3. The Balaban J connectivity index is 1.96. The Morgan fingerprint density at radius 3 is 2.48 bits per heavy atom. The average molecular weight is 278 g/mol. The van der Waals surface area contributed by atoms with Crippen LogP contribution in [0.1, 0.15) is 17.5 Å². The summed E-state index contributed by atoms with van der Waals surface area (Å²) in [6, 6.07) is 13.5. The van der Waals surface area contributed by atoms with Crippen LogP contribution >= 0.6 is 0 Å². The van der Waals surface area contributed by atoms with Crippen LogP contribution in [0.4, 0.5) is 0 Å². The van der Waals surface area contributed by atoms with Crippen molar-refractivity contribution in [3.05, 3.63) is 77.9 Å². The van der Waals surface area contributed by atoms with Gasteiger partial charge in [-0.15, -0.1) is 0 Å². The van der Waals surface area contributed by atoms with Crippen molar-refractivity contribution >= 4 is 0 Å². The summed E-state index contributed by atoms with van der Waals surface area (Å²) in [5.74, 6) is 1.40. The van der Waals surface area contributed by atoms with Crippen molar-refractivity contribution in [2.24, 2.45) is 0 Å². The van der Waals surface area contributed by atoms with E-state index in [4.69, 9.17) is 4.74 Å². The summed E-state index contributed by atoms with van der Waals surface area (Å²) in [6.45, 7) is 0. The lowest BCUT2D eigenvalue weighted by atomic mass is 10.1. The number of fused-ring (bicyclic) bond motifs is 6. The average Bonchev–Trinajstić information content (AvgIpc) is 2.51. The minimum Gasteiger partial charge on any atom is -0.504 e. The van der Waals surface area contributed by atoms with Gasteiger partial charge in [-0.1, -0.05) is 42.5 Å². The maximum absolute atomic E-state index is 9.92. The van der Waals surface area contributed by atoms with E-state index in [1.54, 1.807) is 6.07 Å². The van der Waals surface area contributed by atoms with Gasteiger partial charge in [0, 0.05) is 0 Å². The van der Waals surface area contributed by atoms with Crippen LogP contribution in [0.2, 0.25) is 0 Å². The van der Waals surface area contributed by atoms with Crippen LogP contribution in [0.15, 0.2) is 66.8 Å². The van der Waals surface area contributed by atoms with E-state index in [0.29, 0.717) is 5.75 Å². The highest BCUT2D eigenvalue weighted by molar-refractivity contribution is 5.45. The molecule has 2 aliphatic rings. The monoisotopic (exact) mass is 278 g/mol. The van der Waals surface area contributed by atoms with Gasteiger partial charge in [0.2, 0.25) is 0 Å². The molecule has 0 radical (unpaired) electrons. The molecular weight excluding hydrogens is 260 g/mol. The topological polar surface area (TPSA) is 29.5 Å². The largest absolute Gasteiger partial charge is 0.504 e. The molecule has 4 bridgehead atoms. The molecule has 0 amide bonds. The Morgan fingerprint density at radius 1 is 0.857 bits per heavy atom. The highest BCUT2D eigenvalue weighted by atomic mass is 16.5. The molecule has 0 saturated heterocycles. The maximum Gasteiger partial charge on any atom is 0.169 e. The summed E-state index contributed by atoms with van der Waals surface area (Å²) in [4.78, 5) is 0. The molecule has 0 unspecified atom stereocenters. The Bertz CT molecular complexity index is 666. The van der Waals surface area contributed by atoms with Gasteiger partial charge in [-0.3, -0.25) is 0 Å². The van der Waals surface area contributed by atoms with Gasteiger partial charge in [0.05, 0.1) is 0 Å². The number of ether oxygens (including phenoxy) is 1. The van der Waals surface area contributed by atoms with Crippen LogP contribution in [-0.4, -0.2) is 5.11 Å². The van der Waals surface area contributed by atoms with Crippen LogP contribution < -0.4 is 4.74 Å². The molecule has 0 saturated carbocycles. The zero-order valence-electron chi connectivity index (χ0n) is 11.8. The third kappa shape index (κ3) is 3.54. The molecule has 106 valence electrons. The number of rotatable bonds is 0. The molecule has 2 aromatic carbocycles. The molecule has 4 rings (SSSR count). The molecule has 0 aliphatic carbocycles. The smallest absolute Gasteiger partial charge is 0.169 e. The summed E-state index contributed by atoms with van der Waals surface area (Å²) >= 11 is 0. The summed E-state index contributed by atoms with van der Waals surface area (Å²) < 4.78 is 5.79. The zero-order chi connectivity index (χ0) is 14.5. The first-order chi connectivity index (χ1) is 10.3. The minimum absolute atomic E-state index is 0.163. The van der Waals surface area contributed by atoms with E-state index in [1.807, 2.05) is 24.3 Å². The molecule has 0 fully saturated rings. The van der Waals surface area contributed by atoms with E-state index in [1.165, 1.54) is 5.56 Å². The third-order valence-corrected chi connectivity index (χ3v) is 3.51. The van der Waals surface area contributed by atoms with Crippen molar-refractivity contribution in [1.29, 1.82) is 0 Å². The second-order valence-electron chi connectivity index (χ2n) is 5.15. The standard InChI is InChI=1S/C19H18O2/c20-18-13-10-16-7-5-3-1-2-4-6-15-8-11-17(12-9-15)21-19(18)14-16/h1-3,5,8-14,20H,4,6-7H2/b2-1+,5-3+. The van der Waals surface area contributed by atoms with Crippen molar-refractivity contribution < 1.29 is 9.84 Å². The van der Waals surface area contributed by atoms with Gasteiger partial charge in [0.15, 0.2) is 11.5 Å². The third-order valence-electron chi connectivity index (χ3n) is 3.51. The van der Waals surface area contributed by atoms with Crippen molar-refractivity contribution in [2.45, 2.75) is 19.3 Å². The maximum atomic E-state index is 9.92. The van der Waals surface area contributed by atoms with Gasteiger partial charge in [-0.25, -0.2) is 0 Å². The number of benzene rings is 2. The lowest BCUT2D eigenvalue weighted by molar-refractivity contribution is 0.411. The summed E-state index contributed by atoms with van der Waals surface area (Å²) in [6.07, 6.45) is 11.3. The first-order valence-corrected chi connectivity index (χ1v) is 7.21. The van der Waals surface area contributed by atoms with Gasteiger partial charge in [-0.05, 0) is 54.7 Å². The second-order valence-corrected chi connectivity index (χ2v) is 5.15. The summed E-state index contributed by atoms with van der Waals surface area (Å²) in [7, 11) is 0. The fraction of sp³-hybridized carbons (Fsp3) is 0.158. The molecule has 1 N–H and O–H groups in total. The number of phenols is 1. The fourth-order valence-corrected chi connectivity index (χ4v) is 2.33. The lowest BCUT2D eigenvalue weighted by Gasteiger charge is -2.09. The molecule has 2 heteroatoms. The Labute approximate surface area is 125 Å². The van der Waals surface area contributed by atoms with Gasteiger partial charge < -0.3 is 9.84 Å². The molecule has 0 aromatic heterocycles. The van der Waals surface area contributed by atoms with Gasteiger partial charge in [-0.2, -0.15) is 0 Å². The molecule has 0 atom stereocenters.